The maximum absolute atomic E-state index is 11.8. The zero-order chi connectivity index (χ0) is 40.7. The molecular weight excluding hydrogens is 728 g/mol. The number of carbonyl (C=O) groups is 4. The molecule has 292 valence electrons. The second-order valence-corrected chi connectivity index (χ2v) is 11.4. The molecule has 0 spiro atoms. The molecule has 0 saturated heterocycles. The van der Waals surface area contributed by atoms with E-state index in [0.717, 1.165) is 23.3 Å². The van der Waals surface area contributed by atoms with Crippen LogP contribution in [0.25, 0.3) is 24.3 Å². The predicted molar refractivity (Wildman–Crippen MR) is 204 cm³/mol. The molecule has 0 radical (unpaired) electrons. The smallest absolute Gasteiger partial charge is 0.331 e. The van der Waals surface area contributed by atoms with Gasteiger partial charge in [-0.1, -0.05) is 72.8 Å². The Hall–Kier alpha value is -7.16. The number of rotatable bonds is 16. The Morgan fingerprint density at radius 2 is 0.857 bits per heavy atom. The lowest BCUT2D eigenvalue weighted by Crippen LogP contribution is -2.27. The maximum atomic E-state index is 11.8. The number of hydrogen-bond acceptors (Lipinski definition) is 14. The third-order valence-corrected chi connectivity index (χ3v) is 6.98. The number of aliphatic hydroxyl groups excluding tert-OH is 2. The first kappa shape index (κ1) is 43.2. The molecule has 2 atom stereocenters. The fourth-order valence-corrected chi connectivity index (χ4v) is 4.13. The van der Waals surface area contributed by atoms with Gasteiger partial charge in [-0.2, -0.15) is 0 Å². The van der Waals surface area contributed by atoms with Gasteiger partial charge in [0.15, 0.2) is 29.1 Å². The van der Waals surface area contributed by atoms with Gasteiger partial charge in [-0.15, -0.1) is 0 Å². The molecule has 0 aliphatic rings. The van der Waals surface area contributed by atoms with Gasteiger partial charge in [-0.3, -0.25) is 0 Å². The molecule has 4 rings (SSSR count). The zero-order valence-electron chi connectivity index (χ0n) is 29.8. The fourth-order valence-electron chi connectivity index (χ4n) is 4.13. The molecule has 0 aliphatic heterocycles. The van der Waals surface area contributed by atoms with Gasteiger partial charge in [0.05, 0.1) is 6.61 Å². The monoisotopic (exact) mass is 768 g/mol. The van der Waals surface area contributed by atoms with Crippen LogP contribution in [0.5, 0.6) is 23.0 Å². The topological polar surface area (TPSA) is 227 Å². The summed E-state index contributed by atoms with van der Waals surface area (Å²) in [6.07, 6.45) is 8.42. The van der Waals surface area contributed by atoms with E-state index in [1.165, 1.54) is 60.7 Å². The molecule has 0 heterocycles. The highest BCUT2D eigenvalue weighted by molar-refractivity contribution is 5.89. The van der Waals surface area contributed by atoms with E-state index in [4.69, 9.17) is 18.9 Å². The molecule has 2 unspecified atom stereocenters. The number of carbonyl (C=O) groups excluding carboxylic acids is 4. The van der Waals surface area contributed by atoms with E-state index in [-0.39, 0.29) is 42.8 Å². The molecule has 14 nitrogen and oxygen atoms in total. The Kier molecular flexibility index (Phi) is 18.1. The molecule has 0 aromatic heterocycles. The first-order valence-corrected chi connectivity index (χ1v) is 16.8. The van der Waals surface area contributed by atoms with Crippen LogP contribution in [0.1, 0.15) is 22.3 Å². The van der Waals surface area contributed by atoms with Gasteiger partial charge in [-0.25, -0.2) is 19.2 Å². The van der Waals surface area contributed by atoms with Crippen molar-refractivity contribution in [1.82, 2.24) is 0 Å². The summed E-state index contributed by atoms with van der Waals surface area (Å²) in [6, 6.07) is 26.4. The van der Waals surface area contributed by atoms with Crippen LogP contribution < -0.4 is 0 Å². The van der Waals surface area contributed by atoms with Crippen LogP contribution >= 0.6 is 0 Å². The minimum absolute atomic E-state index is 0.268. The summed E-state index contributed by atoms with van der Waals surface area (Å²) in [5.74, 6) is -3.90. The van der Waals surface area contributed by atoms with Crippen molar-refractivity contribution in [3.63, 3.8) is 0 Å². The van der Waals surface area contributed by atoms with Crippen molar-refractivity contribution in [2.75, 3.05) is 26.4 Å². The van der Waals surface area contributed by atoms with E-state index in [9.17, 15) is 49.8 Å². The van der Waals surface area contributed by atoms with Crippen LogP contribution in [-0.4, -0.2) is 93.2 Å². The van der Waals surface area contributed by atoms with Gasteiger partial charge in [0.2, 0.25) is 0 Å². The van der Waals surface area contributed by atoms with Crippen molar-refractivity contribution >= 4 is 48.2 Å². The summed E-state index contributed by atoms with van der Waals surface area (Å²) in [6.45, 7) is -1.49. The van der Waals surface area contributed by atoms with E-state index < -0.39 is 42.7 Å². The normalized spacial score (nSPS) is 12.2. The molecule has 0 saturated carbocycles. The summed E-state index contributed by atoms with van der Waals surface area (Å²) in [5.41, 5.74) is 2.61. The SMILES string of the molecule is O=C(/C=C/c1ccc(O)c(O)c1)OCC(CO)OC(=O)/C=C/c1ccccc1.O=C(/C=C/c1ccccc1)OCC(O)COC(=O)/C=C/c1ccc(O)c(O)c1. The van der Waals surface area contributed by atoms with Gasteiger partial charge >= 0.3 is 23.9 Å². The van der Waals surface area contributed by atoms with Gasteiger partial charge in [-0.05, 0) is 70.8 Å². The van der Waals surface area contributed by atoms with E-state index in [2.05, 4.69) is 0 Å². The Labute approximate surface area is 321 Å². The van der Waals surface area contributed by atoms with E-state index in [1.807, 2.05) is 60.7 Å². The lowest BCUT2D eigenvalue weighted by molar-refractivity contribution is -0.154. The molecule has 56 heavy (non-hydrogen) atoms. The highest BCUT2D eigenvalue weighted by Crippen LogP contribution is 2.26. The van der Waals surface area contributed by atoms with Crippen molar-refractivity contribution in [1.29, 1.82) is 0 Å². The summed E-state index contributed by atoms with van der Waals surface area (Å²) in [7, 11) is 0. The first-order chi connectivity index (χ1) is 26.9. The number of benzene rings is 4. The summed E-state index contributed by atoms with van der Waals surface area (Å²) in [5, 5.41) is 56.2. The van der Waals surface area contributed by atoms with Crippen LogP contribution in [0.2, 0.25) is 0 Å². The number of hydrogen-bond donors (Lipinski definition) is 6. The Morgan fingerprint density at radius 3 is 1.25 bits per heavy atom. The number of aliphatic hydroxyl groups is 2. The molecule has 0 bridgehead atoms. The average molecular weight is 769 g/mol. The third kappa shape index (κ3) is 17.1. The van der Waals surface area contributed by atoms with Crippen LogP contribution in [0.4, 0.5) is 0 Å². The molecule has 14 heteroatoms. The second-order valence-electron chi connectivity index (χ2n) is 11.4. The van der Waals surface area contributed by atoms with E-state index in [1.54, 1.807) is 12.2 Å². The number of ether oxygens (including phenoxy) is 4. The van der Waals surface area contributed by atoms with Crippen molar-refractivity contribution < 1.29 is 68.8 Å². The standard InChI is InChI=1S/2C21H20O7/c22-13-17(28-21(26)11-7-15-4-2-1-3-5-15)14-27-20(25)10-8-16-6-9-18(23)19(24)12-16;22-17(13-27-20(25)10-7-15-4-2-1-3-5-15)14-28-21(26)11-8-16-6-9-18(23)19(24)12-16/h2*1-12,17,22-24H,13-14H2/b10-8+,11-7+;10-7+,11-8+. The maximum Gasteiger partial charge on any atom is 0.331 e. The molecule has 4 aromatic rings. The third-order valence-electron chi connectivity index (χ3n) is 6.98. The number of aromatic hydroxyl groups is 4. The lowest BCUT2D eigenvalue weighted by atomic mass is 10.2. The van der Waals surface area contributed by atoms with Crippen LogP contribution in [0.3, 0.4) is 0 Å². The molecule has 0 aliphatic carbocycles. The number of phenols is 4. The summed E-state index contributed by atoms with van der Waals surface area (Å²) < 4.78 is 19.7. The minimum atomic E-state index is -1.16. The fraction of sp³-hybridized carbons (Fsp3) is 0.143. The quantitative estimate of drug-likeness (QED) is 0.0398. The van der Waals surface area contributed by atoms with Crippen molar-refractivity contribution in [2.45, 2.75) is 12.2 Å². The summed E-state index contributed by atoms with van der Waals surface area (Å²) >= 11 is 0. The van der Waals surface area contributed by atoms with Crippen molar-refractivity contribution in [3.05, 3.63) is 144 Å². The van der Waals surface area contributed by atoms with Crippen molar-refractivity contribution in [3.8, 4) is 23.0 Å². The minimum Gasteiger partial charge on any atom is -0.504 e. The molecule has 6 N–H and O–H groups in total. The molecule has 4 aromatic carbocycles. The first-order valence-electron chi connectivity index (χ1n) is 16.8. The van der Waals surface area contributed by atoms with E-state index in [0.29, 0.717) is 11.1 Å². The van der Waals surface area contributed by atoms with Crippen LogP contribution in [0.15, 0.2) is 121 Å². The molecular formula is C42H40O14. The second kappa shape index (κ2) is 23.5. The summed E-state index contributed by atoms with van der Waals surface area (Å²) in [4.78, 5) is 46.7. The molecule has 0 fully saturated rings. The van der Waals surface area contributed by atoms with Gasteiger partial charge in [0, 0.05) is 24.3 Å². The Balaban J connectivity index is 0.000000300. The average Bonchev–Trinajstić information content (AvgIpc) is 3.21. The van der Waals surface area contributed by atoms with Crippen LogP contribution in [0, 0.1) is 0 Å². The predicted octanol–water partition coefficient (Wildman–Crippen LogP) is 4.54. The highest BCUT2D eigenvalue weighted by Gasteiger charge is 2.14. The van der Waals surface area contributed by atoms with Gasteiger partial charge < -0.3 is 49.6 Å². The van der Waals surface area contributed by atoms with Gasteiger partial charge in [0.1, 0.15) is 25.9 Å². The van der Waals surface area contributed by atoms with Crippen LogP contribution in [-0.2, 0) is 38.1 Å². The van der Waals surface area contributed by atoms with Gasteiger partial charge in [0.25, 0.3) is 0 Å². The highest BCUT2D eigenvalue weighted by atomic mass is 16.6. The van der Waals surface area contributed by atoms with Crippen molar-refractivity contribution in [2.24, 2.45) is 0 Å². The largest absolute Gasteiger partial charge is 0.504 e. The zero-order valence-corrected chi connectivity index (χ0v) is 29.8. The Bertz CT molecular complexity index is 2000. The molecule has 0 amide bonds. The Morgan fingerprint density at radius 1 is 0.482 bits per heavy atom. The lowest BCUT2D eigenvalue weighted by Gasteiger charge is -2.13. The number of esters is 4. The van der Waals surface area contributed by atoms with E-state index >= 15 is 0 Å². The number of phenolic OH excluding ortho intramolecular Hbond substituents is 4.